The first-order chi connectivity index (χ1) is 11.6. The molecule has 0 fully saturated rings. The van der Waals surface area contributed by atoms with Gasteiger partial charge in [-0.25, -0.2) is 0 Å². The third-order valence-electron chi connectivity index (χ3n) is 4.05. The Morgan fingerprint density at radius 1 is 1.12 bits per heavy atom. The van der Waals surface area contributed by atoms with Crippen molar-refractivity contribution in [2.75, 3.05) is 6.54 Å². The molecule has 0 aliphatic heterocycles. The van der Waals surface area contributed by atoms with E-state index in [0.29, 0.717) is 6.42 Å². The molecular weight excluding hydrogens is 302 g/mol. The van der Waals surface area contributed by atoms with Crippen LogP contribution in [0.2, 0.25) is 0 Å². The van der Waals surface area contributed by atoms with E-state index >= 15 is 0 Å². The Labute approximate surface area is 142 Å². The molecule has 0 heterocycles. The highest BCUT2D eigenvalue weighted by Gasteiger charge is 2.13. The number of carbonyl (C=O) groups is 2. The molecule has 1 atom stereocenters. The summed E-state index contributed by atoms with van der Waals surface area (Å²) in [6.07, 6.45) is 2.16. The van der Waals surface area contributed by atoms with Crippen molar-refractivity contribution in [3.63, 3.8) is 0 Å². The van der Waals surface area contributed by atoms with Gasteiger partial charge in [0.15, 0.2) is 0 Å². The Bertz CT molecular complexity index is 691. The molecule has 1 amide bonds. The topological polar surface area (TPSA) is 66.4 Å². The molecule has 2 aromatic rings. The number of aliphatic hydroxyl groups is 1. The van der Waals surface area contributed by atoms with Crippen LogP contribution in [0.25, 0.3) is 10.8 Å². The molecule has 2 rings (SSSR count). The maximum absolute atomic E-state index is 12.2. The third-order valence-corrected chi connectivity index (χ3v) is 4.05. The number of hydrogen-bond donors (Lipinski definition) is 2. The molecular formula is C20H25NO3. The van der Waals surface area contributed by atoms with Gasteiger partial charge in [-0.3, -0.25) is 9.59 Å². The normalized spacial score (nSPS) is 12.1. The molecule has 0 radical (unpaired) electrons. The smallest absolute Gasteiger partial charge is 0.227 e. The largest absolute Gasteiger partial charge is 0.391 e. The van der Waals surface area contributed by atoms with Gasteiger partial charge in [-0.1, -0.05) is 62.2 Å². The summed E-state index contributed by atoms with van der Waals surface area (Å²) >= 11 is 0. The Morgan fingerprint density at radius 2 is 1.88 bits per heavy atom. The van der Waals surface area contributed by atoms with Crippen LogP contribution in [0.3, 0.4) is 0 Å². The molecule has 0 bridgehead atoms. The fourth-order valence-corrected chi connectivity index (χ4v) is 2.74. The number of unbranched alkanes of at least 4 members (excludes halogenated alkanes) is 1. The molecule has 0 saturated carbocycles. The summed E-state index contributed by atoms with van der Waals surface area (Å²) in [6, 6.07) is 13.8. The number of carbonyl (C=O) groups excluding carboxylic acids is 2. The summed E-state index contributed by atoms with van der Waals surface area (Å²) in [7, 11) is 0. The van der Waals surface area contributed by atoms with Gasteiger partial charge in [0.1, 0.15) is 5.78 Å². The van der Waals surface area contributed by atoms with Gasteiger partial charge >= 0.3 is 0 Å². The number of ketones is 1. The third kappa shape index (κ3) is 5.46. The van der Waals surface area contributed by atoms with Crippen molar-refractivity contribution in [2.24, 2.45) is 0 Å². The molecule has 0 aromatic heterocycles. The Balaban J connectivity index is 1.85. The monoisotopic (exact) mass is 327 g/mol. The molecule has 4 nitrogen and oxygen atoms in total. The van der Waals surface area contributed by atoms with E-state index in [1.165, 1.54) is 0 Å². The zero-order chi connectivity index (χ0) is 17.4. The number of Topliss-reactive ketones (excluding diaryl/α,β-unsaturated/α-hetero) is 1. The highest BCUT2D eigenvalue weighted by atomic mass is 16.3. The summed E-state index contributed by atoms with van der Waals surface area (Å²) in [4.78, 5) is 24.0. The van der Waals surface area contributed by atoms with E-state index in [1.54, 1.807) is 0 Å². The van der Waals surface area contributed by atoms with Crippen molar-refractivity contribution in [3.8, 4) is 0 Å². The van der Waals surface area contributed by atoms with Gasteiger partial charge in [-0.15, -0.1) is 0 Å². The average molecular weight is 327 g/mol. The zero-order valence-electron chi connectivity index (χ0n) is 14.1. The molecule has 0 spiro atoms. The lowest BCUT2D eigenvalue weighted by Crippen LogP contribution is -2.33. The first kappa shape index (κ1) is 18.1. The van der Waals surface area contributed by atoms with Crippen LogP contribution in [0.5, 0.6) is 0 Å². The number of amides is 1. The van der Waals surface area contributed by atoms with E-state index in [2.05, 4.69) is 12.2 Å². The van der Waals surface area contributed by atoms with Crippen molar-refractivity contribution in [2.45, 2.75) is 45.1 Å². The maximum atomic E-state index is 12.2. The van der Waals surface area contributed by atoms with Gasteiger partial charge < -0.3 is 10.4 Å². The Hall–Kier alpha value is -2.20. The molecule has 0 aliphatic carbocycles. The van der Waals surface area contributed by atoms with Crippen LogP contribution in [0.15, 0.2) is 42.5 Å². The highest BCUT2D eigenvalue weighted by Crippen LogP contribution is 2.19. The van der Waals surface area contributed by atoms with Crippen LogP contribution in [0.1, 0.15) is 38.2 Å². The average Bonchev–Trinajstić information content (AvgIpc) is 2.58. The fourth-order valence-electron chi connectivity index (χ4n) is 2.74. The number of hydrogen-bond acceptors (Lipinski definition) is 3. The van der Waals surface area contributed by atoms with Crippen molar-refractivity contribution >= 4 is 22.5 Å². The number of fused-ring (bicyclic) bond motifs is 1. The highest BCUT2D eigenvalue weighted by molar-refractivity contribution is 6.00. The summed E-state index contributed by atoms with van der Waals surface area (Å²) in [5.74, 6) is -0.442. The maximum Gasteiger partial charge on any atom is 0.227 e. The molecule has 24 heavy (non-hydrogen) atoms. The number of benzene rings is 2. The minimum atomic E-state index is -0.540. The molecule has 0 saturated heterocycles. The van der Waals surface area contributed by atoms with E-state index < -0.39 is 6.10 Å². The van der Waals surface area contributed by atoms with Gasteiger partial charge in [0, 0.05) is 13.0 Å². The lowest BCUT2D eigenvalue weighted by atomic mass is 9.99. The van der Waals surface area contributed by atoms with Crippen molar-refractivity contribution in [1.29, 1.82) is 0 Å². The van der Waals surface area contributed by atoms with Gasteiger partial charge in [0.05, 0.1) is 12.5 Å². The van der Waals surface area contributed by atoms with Crippen LogP contribution in [-0.4, -0.2) is 29.4 Å². The second-order valence-corrected chi connectivity index (χ2v) is 6.13. The minimum absolute atomic E-state index is 0.119. The Morgan fingerprint density at radius 3 is 2.67 bits per heavy atom. The first-order valence-corrected chi connectivity index (χ1v) is 8.53. The Kier molecular flexibility index (Phi) is 6.94. The number of nitrogens with one attached hydrogen (secondary N) is 1. The van der Waals surface area contributed by atoms with E-state index in [0.717, 1.165) is 29.2 Å². The summed E-state index contributed by atoms with van der Waals surface area (Å²) in [5, 5.41) is 14.5. The van der Waals surface area contributed by atoms with Gasteiger partial charge in [0.2, 0.25) is 5.91 Å². The van der Waals surface area contributed by atoms with E-state index in [-0.39, 0.29) is 31.1 Å². The van der Waals surface area contributed by atoms with Crippen molar-refractivity contribution in [1.82, 2.24) is 5.32 Å². The zero-order valence-corrected chi connectivity index (χ0v) is 14.1. The molecule has 1 unspecified atom stereocenters. The molecule has 128 valence electrons. The van der Waals surface area contributed by atoms with E-state index in [1.807, 2.05) is 42.5 Å². The fraction of sp³-hybridized carbons (Fsp3) is 0.400. The van der Waals surface area contributed by atoms with Crippen LogP contribution >= 0.6 is 0 Å². The van der Waals surface area contributed by atoms with Crippen molar-refractivity contribution < 1.29 is 14.7 Å². The number of rotatable bonds is 9. The van der Waals surface area contributed by atoms with Gasteiger partial charge in [-0.05, 0) is 22.8 Å². The SMILES string of the molecule is CCCCC(O)CNC(=O)CC(=O)Cc1cccc2ccccc12. The predicted octanol–water partition coefficient (Wildman–Crippen LogP) is 3.01. The second kappa shape index (κ2) is 9.18. The minimum Gasteiger partial charge on any atom is -0.391 e. The number of aliphatic hydroxyl groups excluding tert-OH is 1. The van der Waals surface area contributed by atoms with Crippen LogP contribution in [0.4, 0.5) is 0 Å². The van der Waals surface area contributed by atoms with E-state index in [4.69, 9.17) is 0 Å². The second-order valence-electron chi connectivity index (χ2n) is 6.13. The lowest BCUT2D eigenvalue weighted by Gasteiger charge is -2.11. The summed E-state index contributed by atoms with van der Waals surface area (Å²) in [5.41, 5.74) is 0.939. The summed E-state index contributed by atoms with van der Waals surface area (Å²) in [6.45, 7) is 2.26. The molecule has 2 aromatic carbocycles. The van der Waals surface area contributed by atoms with Crippen molar-refractivity contribution in [3.05, 3.63) is 48.0 Å². The summed E-state index contributed by atoms with van der Waals surface area (Å²) < 4.78 is 0. The van der Waals surface area contributed by atoms with E-state index in [9.17, 15) is 14.7 Å². The van der Waals surface area contributed by atoms with Gasteiger partial charge in [0.25, 0.3) is 0 Å². The van der Waals surface area contributed by atoms with Gasteiger partial charge in [-0.2, -0.15) is 0 Å². The predicted molar refractivity (Wildman–Crippen MR) is 95.8 cm³/mol. The molecule has 2 N–H and O–H groups in total. The molecule has 4 heteroatoms. The standard InChI is InChI=1S/C20H25NO3/c1-2-3-10-17(22)14-21-20(24)13-18(23)12-16-9-6-8-15-7-4-5-11-19(15)16/h4-9,11,17,22H,2-3,10,12-14H2,1H3,(H,21,24). The lowest BCUT2D eigenvalue weighted by molar-refractivity contribution is -0.128. The quantitative estimate of drug-likeness (QED) is 0.696. The van der Waals surface area contributed by atoms with Crippen LogP contribution in [0, 0.1) is 0 Å². The molecule has 0 aliphatic rings. The first-order valence-electron chi connectivity index (χ1n) is 8.53. The van der Waals surface area contributed by atoms with Crippen LogP contribution < -0.4 is 5.32 Å². The van der Waals surface area contributed by atoms with Crippen LogP contribution in [-0.2, 0) is 16.0 Å².